The van der Waals surface area contributed by atoms with Crippen molar-refractivity contribution >= 4 is 33.3 Å². The van der Waals surface area contributed by atoms with Gasteiger partial charge in [0.05, 0.1) is 0 Å². The van der Waals surface area contributed by atoms with E-state index < -0.39 is 0 Å². The SMILES string of the molecule is Cc1ccc(Nc2cc(NCc3ccc(F)cc3)ncn2)cc1Br. The van der Waals surface area contributed by atoms with E-state index in [0.717, 1.165) is 15.7 Å². The molecular formula is C18H16BrFN4. The summed E-state index contributed by atoms with van der Waals surface area (Å²) in [6.07, 6.45) is 1.50. The summed E-state index contributed by atoms with van der Waals surface area (Å²) >= 11 is 3.52. The van der Waals surface area contributed by atoms with E-state index in [1.54, 1.807) is 12.1 Å². The number of aromatic nitrogens is 2. The summed E-state index contributed by atoms with van der Waals surface area (Å²) in [5.74, 6) is 1.15. The van der Waals surface area contributed by atoms with E-state index >= 15 is 0 Å². The molecule has 0 spiro atoms. The molecule has 122 valence electrons. The van der Waals surface area contributed by atoms with Gasteiger partial charge in [0, 0.05) is 22.8 Å². The summed E-state index contributed by atoms with van der Waals surface area (Å²) in [4.78, 5) is 8.43. The van der Waals surface area contributed by atoms with Crippen LogP contribution in [0.2, 0.25) is 0 Å². The van der Waals surface area contributed by atoms with Crippen LogP contribution in [0.5, 0.6) is 0 Å². The number of nitrogens with one attached hydrogen (secondary N) is 2. The quantitative estimate of drug-likeness (QED) is 0.644. The summed E-state index contributed by atoms with van der Waals surface area (Å²) in [5, 5.41) is 6.45. The van der Waals surface area contributed by atoms with Crippen LogP contribution in [0.3, 0.4) is 0 Å². The molecule has 0 saturated heterocycles. The summed E-state index contributed by atoms with van der Waals surface area (Å²) in [7, 11) is 0. The Morgan fingerprint density at radius 3 is 2.50 bits per heavy atom. The first-order valence-electron chi connectivity index (χ1n) is 7.44. The monoisotopic (exact) mass is 386 g/mol. The summed E-state index contributed by atoms with van der Waals surface area (Å²) in [6, 6.07) is 14.2. The first-order chi connectivity index (χ1) is 11.6. The fourth-order valence-electron chi connectivity index (χ4n) is 2.14. The number of rotatable bonds is 5. The van der Waals surface area contributed by atoms with Crippen LogP contribution in [-0.4, -0.2) is 9.97 Å². The first-order valence-corrected chi connectivity index (χ1v) is 8.23. The van der Waals surface area contributed by atoms with Crippen molar-refractivity contribution in [3.8, 4) is 0 Å². The second kappa shape index (κ2) is 7.40. The van der Waals surface area contributed by atoms with Crippen molar-refractivity contribution in [2.75, 3.05) is 10.6 Å². The number of hydrogen-bond acceptors (Lipinski definition) is 4. The third-order valence-electron chi connectivity index (χ3n) is 3.50. The molecular weight excluding hydrogens is 371 g/mol. The van der Waals surface area contributed by atoms with Crippen molar-refractivity contribution in [3.63, 3.8) is 0 Å². The number of halogens is 2. The zero-order chi connectivity index (χ0) is 16.9. The van der Waals surface area contributed by atoms with Crippen molar-refractivity contribution in [1.29, 1.82) is 0 Å². The molecule has 0 fully saturated rings. The average Bonchev–Trinajstić information content (AvgIpc) is 2.58. The molecule has 2 aromatic carbocycles. The lowest BCUT2D eigenvalue weighted by Crippen LogP contribution is -2.03. The van der Waals surface area contributed by atoms with Crippen LogP contribution >= 0.6 is 15.9 Å². The molecule has 0 bridgehead atoms. The van der Waals surface area contributed by atoms with Gasteiger partial charge in [-0.1, -0.05) is 34.1 Å². The molecule has 24 heavy (non-hydrogen) atoms. The Bertz CT molecular complexity index is 837. The lowest BCUT2D eigenvalue weighted by Gasteiger charge is -2.10. The smallest absolute Gasteiger partial charge is 0.135 e. The molecule has 1 heterocycles. The largest absolute Gasteiger partial charge is 0.366 e. The molecule has 0 unspecified atom stereocenters. The lowest BCUT2D eigenvalue weighted by atomic mass is 10.2. The molecule has 0 atom stereocenters. The molecule has 0 amide bonds. The highest BCUT2D eigenvalue weighted by atomic mass is 79.9. The minimum atomic E-state index is -0.239. The molecule has 0 aliphatic rings. The fraction of sp³-hybridized carbons (Fsp3) is 0.111. The van der Waals surface area contributed by atoms with E-state index in [1.807, 2.05) is 31.2 Å². The Balaban J connectivity index is 1.67. The molecule has 3 aromatic rings. The van der Waals surface area contributed by atoms with Gasteiger partial charge in [-0.2, -0.15) is 0 Å². The van der Waals surface area contributed by atoms with Gasteiger partial charge in [0.25, 0.3) is 0 Å². The number of hydrogen-bond donors (Lipinski definition) is 2. The molecule has 1 aromatic heterocycles. The number of anilines is 3. The Morgan fingerprint density at radius 1 is 1.00 bits per heavy atom. The Hall–Kier alpha value is -2.47. The van der Waals surface area contributed by atoms with E-state index in [2.05, 4.69) is 36.5 Å². The molecule has 0 saturated carbocycles. The van der Waals surface area contributed by atoms with Crippen LogP contribution in [0.1, 0.15) is 11.1 Å². The predicted molar refractivity (Wildman–Crippen MR) is 97.9 cm³/mol. The highest BCUT2D eigenvalue weighted by molar-refractivity contribution is 9.10. The minimum absolute atomic E-state index is 0.239. The van der Waals surface area contributed by atoms with E-state index in [0.29, 0.717) is 18.2 Å². The van der Waals surface area contributed by atoms with Crippen LogP contribution in [0.25, 0.3) is 0 Å². The molecule has 2 N–H and O–H groups in total. The summed E-state index contributed by atoms with van der Waals surface area (Å²) in [5.41, 5.74) is 3.09. The molecule has 4 nitrogen and oxygen atoms in total. The number of nitrogens with zero attached hydrogens (tertiary/aromatic N) is 2. The van der Waals surface area contributed by atoms with Gasteiger partial charge in [-0.3, -0.25) is 0 Å². The van der Waals surface area contributed by atoms with Gasteiger partial charge >= 0.3 is 0 Å². The van der Waals surface area contributed by atoms with E-state index in [1.165, 1.54) is 24.0 Å². The van der Waals surface area contributed by atoms with E-state index in [9.17, 15) is 4.39 Å². The van der Waals surface area contributed by atoms with Crippen LogP contribution in [-0.2, 0) is 6.54 Å². The maximum absolute atomic E-state index is 12.9. The predicted octanol–water partition coefficient (Wildman–Crippen LogP) is 5.04. The second-order valence-electron chi connectivity index (χ2n) is 5.36. The maximum atomic E-state index is 12.9. The summed E-state index contributed by atoms with van der Waals surface area (Å²) < 4.78 is 13.9. The van der Waals surface area contributed by atoms with E-state index in [-0.39, 0.29) is 5.82 Å². The molecule has 0 radical (unpaired) electrons. The van der Waals surface area contributed by atoms with Crippen LogP contribution in [0, 0.1) is 12.7 Å². The highest BCUT2D eigenvalue weighted by Gasteiger charge is 2.02. The number of benzene rings is 2. The van der Waals surface area contributed by atoms with E-state index in [4.69, 9.17) is 0 Å². The zero-order valence-electron chi connectivity index (χ0n) is 13.1. The van der Waals surface area contributed by atoms with Crippen molar-refractivity contribution < 1.29 is 4.39 Å². The first kappa shape index (κ1) is 16.4. The van der Waals surface area contributed by atoms with Gasteiger partial charge in [-0.05, 0) is 42.3 Å². The van der Waals surface area contributed by atoms with Gasteiger partial charge in [-0.25, -0.2) is 14.4 Å². The molecule has 0 aliphatic heterocycles. The maximum Gasteiger partial charge on any atom is 0.135 e. The average molecular weight is 387 g/mol. The van der Waals surface area contributed by atoms with Crippen LogP contribution in [0.4, 0.5) is 21.7 Å². The minimum Gasteiger partial charge on any atom is -0.366 e. The third-order valence-corrected chi connectivity index (χ3v) is 4.35. The third kappa shape index (κ3) is 4.29. The second-order valence-corrected chi connectivity index (χ2v) is 6.21. The van der Waals surface area contributed by atoms with Gasteiger partial charge in [0.15, 0.2) is 0 Å². The Morgan fingerprint density at radius 2 is 1.75 bits per heavy atom. The standard InChI is InChI=1S/C18H16BrFN4/c1-12-2-7-15(8-16(12)19)24-18-9-17(22-11-23-18)21-10-13-3-5-14(20)6-4-13/h2-9,11H,10H2,1H3,(H2,21,22,23,24). The van der Waals surface area contributed by atoms with Crippen molar-refractivity contribution in [1.82, 2.24) is 9.97 Å². The van der Waals surface area contributed by atoms with Crippen LogP contribution in [0.15, 0.2) is 59.3 Å². The van der Waals surface area contributed by atoms with Crippen molar-refractivity contribution in [3.05, 3.63) is 76.3 Å². The Labute approximate surface area is 148 Å². The Kier molecular flexibility index (Phi) is 5.05. The normalized spacial score (nSPS) is 10.5. The molecule has 6 heteroatoms. The number of aryl methyl sites for hydroxylation is 1. The van der Waals surface area contributed by atoms with Crippen LogP contribution < -0.4 is 10.6 Å². The topological polar surface area (TPSA) is 49.8 Å². The zero-order valence-corrected chi connectivity index (χ0v) is 14.6. The van der Waals surface area contributed by atoms with Gasteiger partial charge in [0.1, 0.15) is 23.8 Å². The molecule has 3 rings (SSSR count). The lowest BCUT2D eigenvalue weighted by molar-refractivity contribution is 0.627. The highest BCUT2D eigenvalue weighted by Crippen LogP contribution is 2.23. The van der Waals surface area contributed by atoms with Crippen molar-refractivity contribution in [2.45, 2.75) is 13.5 Å². The van der Waals surface area contributed by atoms with Gasteiger partial charge in [-0.15, -0.1) is 0 Å². The molecule has 0 aliphatic carbocycles. The van der Waals surface area contributed by atoms with Gasteiger partial charge in [0.2, 0.25) is 0 Å². The van der Waals surface area contributed by atoms with Gasteiger partial charge < -0.3 is 10.6 Å². The fourth-order valence-corrected chi connectivity index (χ4v) is 2.51. The van der Waals surface area contributed by atoms with Crippen molar-refractivity contribution in [2.24, 2.45) is 0 Å². The summed E-state index contributed by atoms with van der Waals surface area (Å²) in [6.45, 7) is 2.60.